The fourth-order valence-electron chi connectivity index (χ4n) is 3.29. The van der Waals surface area contributed by atoms with Crippen LogP contribution in [0.1, 0.15) is 30.9 Å². The van der Waals surface area contributed by atoms with Gasteiger partial charge in [0, 0.05) is 25.0 Å². The monoisotopic (exact) mass is 435 g/mol. The molecule has 31 heavy (non-hydrogen) atoms. The quantitative estimate of drug-likeness (QED) is 0.713. The molecule has 0 unspecified atom stereocenters. The molecule has 1 aromatic heterocycles. The first-order valence-electron chi connectivity index (χ1n) is 9.99. The highest BCUT2D eigenvalue weighted by atomic mass is 19.4. The fourth-order valence-corrected chi connectivity index (χ4v) is 3.29. The van der Waals surface area contributed by atoms with Crippen LogP contribution in [0.4, 0.5) is 24.7 Å². The van der Waals surface area contributed by atoms with E-state index >= 15 is 0 Å². The predicted molar refractivity (Wildman–Crippen MR) is 110 cm³/mol. The van der Waals surface area contributed by atoms with Gasteiger partial charge in [-0.2, -0.15) is 13.2 Å². The number of carbonyl (C=O) groups excluding carboxylic acids is 2. The molecule has 1 aromatic carbocycles. The number of amides is 1. The van der Waals surface area contributed by atoms with Gasteiger partial charge in [-0.05, 0) is 51.0 Å². The van der Waals surface area contributed by atoms with Crippen LogP contribution in [-0.2, 0) is 20.5 Å². The lowest BCUT2D eigenvalue weighted by atomic mass is 9.97. The minimum absolute atomic E-state index is 0.375. The molecular weight excluding hydrogens is 411 g/mol. The Kier molecular flexibility index (Phi) is 6.82. The highest BCUT2D eigenvalue weighted by Gasteiger charge is 2.32. The van der Waals surface area contributed by atoms with Crippen LogP contribution in [0, 0.1) is 12.8 Å². The summed E-state index contributed by atoms with van der Waals surface area (Å²) >= 11 is 0. The van der Waals surface area contributed by atoms with E-state index in [9.17, 15) is 22.8 Å². The Morgan fingerprint density at radius 3 is 2.32 bits per heavy atom. The van der Waals surface area contributed by atoms with Crippen molar-refractivity contribution in [1.29, 1.82) is 0 Å². The molecule has 0 aliphatic carbocycles. The number of hydrogen-bond donors (Lipinski definition) is 1. The number of hydrogen-bond acceptors (Lipinski definition) is 5. The second-order valence-corrected chi connectivity index (χ2v) is 7.60. The summed E-state index contributed by atoms with van der Waals surface area (Å²) in [4.78, 5) is 30.4. The van der Waals surface area contributed by atoms with Crippen molar-refractivity contribution in [3.63, 3.8) is 0 Å². The van der Waals surface area contributed by atoms with Crippen LogP contribution >= 0.6 is 0 Å². The Morgan fingerprint density at radius 2 is 1.77 bits per heavy atom. The molecule has 1 saturated heterocycles. The van der Waals surface area contributed by atoms with Crippen molar-refractivity contribution in [3.05, 3.63) is 53.7 Å². The lowest BCUT2D eigenvalue weighted by Gasteiger charge is -2.32. The minimum atomic E-state index is -4.43. The number of anilines is 2. The van der Waals surface area contributed by atoms with E-state index in [-0.39, 0.29) is 5.92 Å². The average Bonchev–Trinajstić information content (AvgIpc) is 2.75. The van der Waals surface area contributed by atoms with E-state index in [4.69, 9.17) is 4.74 Å². The van der Waals surface area contributed by atoms with Crippen LogP contribution in [0.5, 0.6) is 0 Å². The number of alkyl halides is 3. The van der Waals surface area contributed by atoms with Crippen molar-refractivity contribution < 1.29 is 27.5 Å². The average molecular weight is 435 g/mol. The molecule has 6 nitrogen and oxygen atoms in total. The fraction of sp³-hybridized carbons (Fsp3) is 0.409. The number of benzene rings is 1. The molecule has 2 heterocycles. The molecule has 3 rings (SSSR count). The van der Waals surface area contributed by atoms with Gasteiger partial charge in [0.2, 0.25) is 0 Å². The zero-order valence-electron chi connectivity index (χ0n) is 17.3. The van der Waals surface area contributed by atoms with Crippen LogP contribution in [-0.4, -0.2) is 36.1 Å². The molecule has 1 atom stereocenters. The summed E-state index contributed by atoms with van der Waals surface area (Å²) in [6, 6.07) is 9.60. The van der Waals surface area contributed by atoms with E-state index in [1.807, 2.05) is 24.0 Å². The maximum Gasteiger partial charge on any atom is 0.417 e. The molecular formula is C22H24F3N3O3. The first-order valence-corrected chi connectivity index (χ1v) is 9.99. The van der Waals surface area contributed by atoms with Gasteiger partial charge >= 0.3 is 12.1 Å². The van der Waals surface area contributed by atoms with Gasteiger partial charge in [0.15, 0.2) is 6.10 Å². The molecule has 0 saturated carbocycles. The third kappa shape index (κ3) is 5.96. The molecule has 1 aliphatic heterocycles. The summed E-state index contributed by atoms with van der Waals surface area (Å²) in [6.07, 6.45) is -3.63. The maximum absolute atomic E-state index is 12.7. The summed E-state index contributed by atoms with van der Waals surface area (Å²) in [5, 5.41) is 2.71. The molecule has 1 fully saturated rings. The first-order chi connectivity index (χ1) is 14.6. The third-order valence-corrected chi connectivity index (χ3v) is 5.21. The van der Waals surface area contributed by atoms with Gasteiger partial charge < -0.3 is 15.0 Å². The van der Waals surface area contributed by atoms with Crippen LogP contribution in [0.3, 0.4) is 0 Å². The Morgan fingerprint density at radius 1 is 1.13 bits per heavy atom. The smallest absolute Gasteiger partial charge is 0.417 e. The molecule has 9 heteroatoms. The van der Waals surface area contributed by atoms with Crippen molar-refractivity contribution in [1.82, 2.24) is 4.98 Å². The van der Waals surface area contributed by atoms with Gasteiger partial charge in [-0.3, -0.25) is 9.59 Å². The molecule has 1 amide bonds. The van der Waals surface area contributed by atoms with Gasteiger partial charge in [-0.25, -0.2) is 4.98 Å². The zero-order valence-corrected chi connectivity index (χ0v) is 17.3. The van der Waals surface area contributed by atoms with E-state index in [1.165, 1.54) is 13.0 Å². The van der Waals surface area contributed by atoms with E-state index in [1.54, 1.807) is 12.1 Å². The predicted octanol–water partition coefficient (Wildman–Crippen LogP) is 4.20. The number of pyridine rings is 1. The van der Waals surface area contributed by atoms with E-state index in [2.05, 4.69) is 10.3 Å². The third-order valence-electron chi connectivity index (χ3n) is 5.21. The topological polar surface area (TPSA) is 71.5 Å². The Hall–Kier alpha value is -3.10. The Balaban J connectivity index is 1.48. The van der Waals surface area contributed by atoms with Crippen molar-refractivity contribution in [2.45, 2.75) is 39.0 Å². The number of aromatic nitrogens is 1. The molecule has 0 bridgehead atoms. The summed E-state index contributed by atoms with van der Waals surface area (Å²) < 4.78 is 43.3. The molecule has 2 aromatic rings. The summed E-state index contributed by atoms with van der Waals surface area (Å²) in [5.74, 6) is -0.804. The van der Waals surface area contributed by atoms with Gasteiger partial charge in [-0.15, -0.1) is 0 Å². The van der Waals surface area contributed by atoms with Gasteiger partial charge in [0.25, 0.3) is 5.91 Å². The van der Waals surface area contributed by atoms with Crippen molar-refractivity contribution in [3.8, 4) is 0 Å². The highest BCUT2D eigenvalue weighted by Crippen LogP contribution is 2.30. The second kappa shape index (κ2) is 9.36. The molecule has 1 N–H and O–H groups in total. The van der Waals surface area contributed by atoms with Crippen molar-refractivity contribution in [2.24, 2.45) is 5.92 Å². The molecule has 1 aliphatic rings. The molecule has 0 radical (unpaired) electrons. The van der Waals surface area contributed by atoms with Crippen LogP contribution in [0.15, 0.2) is 42.6 Å². The highest BCUT2D eigenvalue weighted by molar-refractivity contribution is 5.95. The zero-order chi connectivity index (χ0) is 22.6. The number of halogens is 3. The number of piperidine rings is 1. The number of rotatable bonds is 5. The number of carbonyl (C=O) groups is 2. The van der Waals surface area contributed by atoms with Gasteiger partial charge in [0.1, 0.15) is 5.82 Å². The van der Waals surface area contributed by atoms with E-state index in [0.717, 1.165) is 17.8 Å². The van der Waals surface area contributed by atoms with Crippen LogP contribution in [0.25, 0.3) is 0 Å². The van der Waals surface area contributed by atoms with Crippen LogP contribution < -0.4 is 10.2 Å². The SMILES string of the molecule is Cc1ccc(NC(=O)[C@@H](C)OC(=O)C2CCN(c3ccc(C(F)(F)F)cn3)CC2)cc1. The normalized spacial score (nSPS) is 16.0. The van der Waals surface area contributed by atoms with Gasteiger partial charge in [-0.1, -0.05) is 17.7 Å². The van der Waals surface area contributed by atoms with Crippen molar-refractivity contribution in [2.75, 3.05) is 23.3 Å². The summed E-state index contributed by atoms with van der Waals surface area (Å²) in [5.41, 5.74) is 0.888. The lowest BCUT2D eigenvalue weighted by Crippen LogP contribution is -2.39. The second-order valence-electron chi connectivity index (χ2n) is 7.60. The maximum atomic E-state index is 12.7. The number of esters is 1. The standard InChI is InChI=1S/C22H24F3N3O3/c1-14-3-6-18(7-4-14)27-20(29)15(2)31-21(30)16-9-11-28(12-10-16)19-8-5-17(13-26-19)22(23,24)25/h3-8,13,15-16H,9-12H2,1-2H3,(H,27,29)/t15-/m1/s1. The molecule has 166 valence electrons. The number of nitrogens with zero attached hydrogens (tertiary/aromatic N) is 2. The number of ether oxygens (including phenoxy) is 1. The molecule has 0 spiro atoms. The summed E-state index contributed by atoms with van der Waals surface area (Å²) in [6.45, 7) is 4.38. The largest absolute Gasteiger partial charge is 0.452 e. The summed E-state index contributed by atoms with van der Waals surface area (Å²) in [7, 11) is 0. The Labute approximate surface area is 178 Å². The first kappa shape index (κ1) is 22.6. The minimum Gasteiger partial charge on any atom is -0.452 e. The van der Waals surface area contributed by atoms with E-state index in [0.29, 0.717) is 37.4 Å². The Bertz CT molecular complexity index is 906. The number of nitrogens with one attached hydrogen (secondary N) is 1. The van der Waals surface area contributed by atoms with E-state index < -0.39 is 29.7 Å². The van der Waals surface area contributed by atoms with Crippen molar-refractivity contribution >= 4 is 23.4 Å². The number of aryl methyl sites for hydroxylation is 1. The van der Waals surface area contributed by atoms with Crippen LogP contribution in [0.2, 0.25) is 0 Å². The van der Waals surface area contributed by atoms with Gasteiger partial charge in [0.05, 0.1) is 11.5 Å². The lowest BCUT2D eigenvalue weighted by molar-refractivity contribution is -0.158.